The average molecular weight is 310 g/mol. The highest BCUT2D eigenvalue weighted by molar-refractivity contribution is 6.07. The van der Waals surface area contributed by atoms with Crippen molar-refractivity contribution in [2.45, 2.75) is 32.7 Å². The van der Waals surface area contributed by atoms with Crippen molar-refractivity contribution in [3.8, 4) is 0 Å². The summed E-state index contributed by atoms with van der Waals surface area (Å²) in [5.74, 6) is -0.109. The number of nitro benzene ring substituents is 1. The summed E-state index contributed by atoms with van der Waals surface area (Å²) in [5.41, 5.74) is 3.12. The molecule has 1 aliphatic heterocycles. The number of rotatable bonds is 2. The van der Waals surface area contributed by atoms with Gasteiger partial charge in [-0.25, -0.2) is 0 Å². The highest BCUT2D eigenvalue weighted by Gasteiger charge is 2.29. The van der Waals surface area contributed by atoms with Gasteiger partial charge in [0.25, 0.3) is 11.6 Å². The molecule has 1 heterocycles. The quantitative estimate of drug-likeness (QED) is 0.624. The van der Waals surface area contributed by atoms with E-state index in [4.69, 9.17) is 0 Å². The Bertz CT molecular complexity index is 786. The molecule has 2 aromatic carbocycles. The molecule has 1 unspecified atom stereocenters. The lowest BCUT2D eigenvalue weighted by atomic mass is 9.95. The maximum Gasteiger partial charge on any atom is 0.272 e. The summed E-state index contributed by atoms with van der Waals surface area (Å²) in [6.45, 7) is 3.69. The van der Waals surface area contributed by atoms with Crippen LogP contribution < -0.4 is 4.90 Å². The second kappa shape index (κ2) is 5.83. The van der Waals surface area contributed by atoms with Crippen LogP contribution in [0.3, 0.4) is 0 Å². The number of nitrogens with zero attached hydrogens (tertiary/aromatic N) is 2. The van der Waals surface area contributed by atoms with E-state index in [1.165, 1.54) is 12.1 Å². The first kappa shape index (κ1) is 15.2. The molecule has 2 aromatic rings. The Morgan fingerprint density at radius 1 is 1.26 bits per heavy atom. The van der Waals surface area contributed by atoms with Gasteiger partial charge in [0.1, 0.15) is 0 Å². The number of carbonyl (C=O) groups is 1. The van der Waals surface area contributed by atoms with E-state index in [1.807, 2.05) is 31.2 Å². The molecule has 0 fully saturated rings. The predicted molar refractivity (Wildman–Crippen MR) is 88.9 cm³/mol. The standard InChI is InChI=1S/C18H18N2O3/c1-12-11-15(9-10-16(12)20(22)23)18(21)19-13(2)7-8-14-5-3-4-6-17(14)19/h3-6,9-11,13H,7-8H2,1-2H3. The number of hydrogen-bond donors (Lipinski definition) is 0. The van der Waals surface area contributed by atoms with E-state index >= 15 is 0 Å². The summed E-state index contributed by atoms with van der Waals surface area (Å²) in [6, 6.07) is 12.6. The van der Waals surface area contributed by atoms with Gasteiger partial charge in [-0.05, 0) is 50.5 Å². The second-order valence-electron chi connectivity index (χ2n) is 5.95. The van der Waals surface area contributed by atoms with Crippen LogP contribution in [0.4, 0.5) is 11.4 Å². The number of hydrogen-bond acceptors (Lipinski definition) is 3. The third kappa shape index (κ3) is 2.70. The van der Waals surface area contributed by atoms with Crippen molar-refractivity contribution in [3.63, 3.8) is 0 Å². The first-order valence-electron chi connectivity index (χ1n) is 7.65. The van der Waals surface area contributed by atoms with Gasteiger partial charge in [0.05, 0.1) is 4.92 Å². The zero-order valence-electron chi connectivity index (χ0n) is 13.2. The van der Waals surface area contributed by atoms with Crippen LogP contribution in [-0.2, 0) is 6.42 Å². The molecule has 0 bridgehead atoms. The van der Waals surface area contributed by atoms with Crippen molar-refractivity contribution in [2.75, 3.05) is 4.90 Å². The predicted octanol–water partition coefficient (Wildman–Crippen LogP) is 3.88. The number of aryl methyl sites for hydroxylation is 2. The molecule has 0 saturated heterocycles. The maximum atomic E-state index is 13.0. The number of anilines is 1. The van der Waals surface area contributed by atoms with Crippen LogP contribution in [0, 0.1) is 17.0 Å². The monoisotopic (exact) mass is 310 g/mol. The molecule has 0 aromatic heterocycles. The molecule has 23 heavy (non-hydrogen) atoms. The summed E-state index contributed by atoms with van der Waals surface area (Å²) in [5, 5.41) is 10.9. The number of benzene rings is 2. The van der Waals surface area contributed by atoms with Crippen LogP contribution in [0.1, 0.15) is 34.8 Å². The number of fused-ring (bicyclic) bond motifs is 1. The Morgan fingerprint density at radius 2 is 2.00 bits per heavy atom. The van der Waals surface area contributed by atoms with Crippen LogP contribution in [0.2, 0.25) is 0 Å². The number of amides is 1. The Labute approximate surface area is 134 Å². The van der Waals surface area contributed by atoms with E-state index in [9.17, 15) is 14.9 Å². The summed E-state index contributed by atoms with van der Waals surface area (Å²) >= 11 is 0. The van der Waals surface area contributed by atoms with E-state index in [-0.39, 0.29) is 17.6 Å². The Morgan fingerprint density at radius 3 is 2.70 bits per heavy atom. The summed E-state index contributed by atoms with van der Waals surface area (Å²) in [4.78, 5) is 25.3. The Hall–Kier alpha value is -2.69. The molecule has 0 saturated carbocycles. The maximum absolute atomic E-state index is 13.0. The molecular formula is C18H18N2O3. The van der Waals surface area contributed by atoms with Gasteiger partial charge < -0.3 is 4.90 Å². The molecule has 0 radical (unpaired) electrons. The van der Waals surface area contributed by atoms with Crippen molar-refractivity contribution in [2.24, 2.45) is 0 Å². The minimum Gasteiger partial charge on any atom is -0.305 e. The average Bonchev–Trinajstić information content (AvgIpc) is 2.53. The third-order valence-electron chi connectivity index (χ3n) is 4.38. The highest BCUT2D eigenvalue weighted by Crippen LogP contribution is 2.32. The van der Waals surface area contributed by atoms with E-state index < -0.39 is 4.92 Å². The van der Waals surface area contributed by atoms with Gasteiger partial charge in [-0.1, -0.05) is 18.2 Å². The van der Waals surface area contributed by atoms with Gasteiger partial charge in [-0.2, -0.15) is 0 Å². The SMILES string of the molecule is Cc1cc(C(=O)N2c3ccccc3CCC2C)ccc1[N+](=O)[O-]. The first-order valence-corrected chi connectivity index (χ1v) is 7.65. The molecule has 0 spiro atoms. The zero-order valence-corrected chi connectivity index (χ0v) is 13.2. The molecule has 5 nitrogen and oxygen atoms in total. The van der Waals surface area contributed by atoms with Gasteiger partial charge in [-0.3, -0.25) is 14.9 Å². The van der Waals surface area contributed by atoms with E-state index in [2.05, 4.69) is 0 Å². The topological polar surface area (TPSA) is 63.5 Å². The molecular weight excluding hydrogens is 292 g/mol. The van der Waals surface area contributed by atoms with E-state index in [0.717, 1.165) is 24.1 Å². The minimum absolute atomic E-state index is 0.0358. The summed E-state index contributed by atoms with van der Waals surface area (Å²) < 4.78 is 0. The summed E-state index contributed by atoms with van der Waals surface area (Å²) in [7, 11) is 0. The fourth-order valence-corrected chi connectivity index (χ4v) is 3.13. The van der Waals surface area contributed by atoms with E-state index in [1.54, 1.807) is 17.9 Å². The Kier molecular flexibility index (Phi) is 3.86. The van der Waals surface area contributed by atoms with Gasteiger partial charge in [0.15, 0.2) is 0 Å². The van der Waals surface area contributed by atoms with Crippen LogP contribution in [0.5, 0.6) is 0 Å². The van der Waals surface area contributed by atoms with Crippen molar-refractivity contribution in [3.05, 3.63) is 69.3 Å². The molecule has 1 atom stereocenters. The molecule has 0 aliphatic carbocycles. The second-order valence-corrected chi connectivity index (χ2v) is 5.95. The smallest absolute Gasteiger partial charge is 0.272 e. The van der Waals surface area contributed by atoms with Gasteiger partial charge in [0, 0.05) is 28.9 Å². The Balaban J connectivity index is 2.00. The summed E-state index contributed by atoms with van der Waals surface area (Å²) in [6.07, 6.45) is 1.87. The van der Waals surface area contributed by atoms with Crippen molar-refractivity contribution in [1.29, 1.82) is 0 Å². The number of para-hydroxylation sites is 1. The normalized spacial score (nSPS) is 16.8. The van der Waals surface area contributed by atoms with Crippen molar-refractivity contribution < 1.29 is 9.72 Å². The lowest BCUT2D eigenvalue weighted by molar-refractivity contribution is -0.385. The fraction of sp³-hybridized carbons (Fsp3) is 0.278. The molecule has 3 rings (SSSR count). The third-order valence-corrected chi connectivity index (χ3v) is 4.38. The molecule has 1 amide bonds. The zero-order chi connectivity index (χ0) is 16.6. The van der Waals surface area contributed by atoms with E-state index in [0.29, 0.717) is 11.1 Å². The van der Waals surface area contributed by atoms with Crippen LogP contribution >= 0.6 is 0 Å². The van der Waals surface area contributed by atoms with Crippen LogP contribution in [0.25, 0.3) is 0 Å². The molecule has 5 heteroatoms. The fourth-order valence-electron chi connectivity index (χ4n) is 3.13. The van der Waals surface area contributed by atoms with Gasteiger partial charge in [-0.15, -0.1) is 0 Å². The van der Waals surface area contributed by atoms with Gasteiger partial charge in [0.2, 0.25) is 0 Å². The number of nitro groups is 1. The highest BCUT2D eigenvalue weighted by atomic mass is 16.6. The molecule has 0 N–H and O–H groups in total. The molecule has 118 valence electrons. The van der Waals surface area contributed by atoms with Gasteiger partial charge >= 0.3 is 0 Å². The lowest BCUT2D eigenvalue weighted by Crippen LogP contribution is -2.42. The van der Waals surface area contributed by atoms with Crippen LogP contribution in [-0.4, -0.2) is 16.9 Å². The van der Waals surface area contributed by atoms with Crippen molar-refractivity contribution >= 4 is 17.3 Å². The van der Waals surface area contributed by atoms with Crippen molar-refractivity contribution in [1.82, 2.24) is 0 Å². The van der Waals surface area contributed by atoms with Crippen LogP contribution in [0.15, 0.2) is 42.5 Å². The largest absolute Gasteiger partial charge is 0.305 e. The minimum atomic E-state index is -0.428. The number of carbonyl (C=O) groups excluding carboxylic acids is 1. The lowest BCUT2D eigenvalue weighted by Gasteiger charge is -2.35. The molecule has 1 aliphatic rings. The first-order chi connectivity index (χ1) is 11.0.